The summed E-state index contributed by atoms with van der Waals surface area (Å²) in [6.45, 7) is 3.67. The maximum absolute atomic E-state index is 11.3. The summed E-state index contributed by atoms with van der Waals surface area (Å²) in [4.78, 5) is 17.6. The van der Waals surface area contributed by atoms with Gasteiger partial charge in [0.15, 0.2) is 0 Å². The standard InChI is InChI=1S/C12H18N2O2S/c1-2-9-3-4-14(11(5-9)12(15)16)6-10-7-17-8-13-10/h7-9,11H,2-6H2,1H3,(H,15,16). The zero-order valence-electron chi connectivity index (χ0n) is 10.0. The van der Waals surface area contributed by atoms with Crippen molar-refractivity contribution in [2.24, 2.45) is 5.92 Å². The van der Waals surface area contributed by atoms with Gasteiger partial charge in [0, 0.05) is 11.9 Å². The summed E-state index contributed by atoms with van der Waals surface area (Å²) in [7, 11) is 0. The molecule has 0 bridgehead atoms. The molecule has 94 valence electrons. The molecule has 0 radical (unpaired) electrons. The molecule has 1 aliphatic rings. The molecule has 17 heavy (non-hydrogen) atoms. The van der Waals surface area contributed by atoms with Crippen LogP contribution < -0.4 is 0 Å². The number of aromatic nitrogens is 1. The van der Waals surface area contributed by atoms with Crippen LogP contribution in [0.2, 0.25) is 0 Å². The monoisotopic (exact) mass is 254 g/mol. The van der Waals surface area contributed by atoms with E-state index in [1.807, 2.05) is 10.3 Å². The van der Waals surface area contributed by atoms with E-state index in [1.54, 1.807) is 16.8 Å². The van der Waals surface area contributed by atoms with Crippen molar-refractivity contribution in [1.82, 2.24) is 9.88 Å². The van der Waals surface area contributed by atoms with E-state index < -0.39 is 5.97 Å². The lowest BCUT2D eigenvalue weighted by Gasteiger charge is -2.36. The van der Waals surface area contributed by atoms with Crippen LogP contribution in [0.15, 0.2) is 10.9 Å². The minimum absolute atomic E-state index is 0.338. The Morgan fingerprint density at radius 3 is 3.12 bits per heavy atom. The van der Waals surface area contributed by atoms with Crippen molar-refractivity contribution >= 4 is 17.3 Å². The van der Waals surface area contributed by atoms with Crippen LogP contribution in [-0.2, 0) is 11.3 Å². The third kappa shape index (κ3) is 3.04. The van der Waals surface area contributed by atoms with E-state index in [-0.39, 0.29) is 6.04 Å². The van der Waals surface area contributed by atoms with Crippen LogP contribution in [-0.4, -0.2) is 33.5 Å². The number of carboxylic acid groups (broad SMARTS) is 1. The van der Waals surface area contributed by atoms with E-state index in [9.17, 15) is 9.90 Å². The van der Waals surface area contributed by atoms with Gasteiger partial charge in [-0.3, -0.25) is 9.69 Å². The molecular weight excluding hydrogens is 236 g/mol. The van der Waals surface area contributed by atoms with Crippen LogP contribution in [0, 0.1) is 5.92 Å². The fourth-order valence-electron chi connectivity index (χ4n) is 2.43. The molecule has 0 spiro atoms. The van der Waals surface area contributed by atoms with Crippen LogP contribution in [0.1, 0.15) is 31.9 Å². The van der Waals surface area contributed by atoms with E-state index >= 15 is 0 Å². The van der Waals surface area contributed by atoms with Crippen molar-refractivity contribution in [3.63, 3.8) is 0 Å². The Labute approximate surface area is 105 Å². The second-order valence-corrected chi connectivity index (χ2v) is 5.32. The number of carbonyl (C=O) groups is 1. The average Bonchev–Trinajstić information content (AvgIpc) is 2.82. The van der Waals surface area contributed by atoms with E-state index in [1.165, 1.54) is 0 Å². The summed E-state index contributed by atoms with van der Waals surface area (Å²) >= 11 is 1.56. The molecule has 2 rings (SSSR count). The fraction of sp³-hybridized carbons (Fsp3) is 0.667. The van der Waals surface area contributed by atoms with Crippen molar-refractivity contribution in [2.45, 2.75) is 38.8 Å². The number of rotatable bonds is 4. The molecule has 2 unspecified atom stereocenters. The normalized spacial score (nSPS) is 25.9. The fourth-order valence-corrected chi connectivity index (χ4v) is 2.98. The molecule has 2 atom stereocenters. The molecular formula is C12H18N2O2S. The summed E-state index contributed by atoms with van der Waals surface area (Å²) in [5, 5.41) is 11.3. The number of nitrogens with zero attached hydrogens (tertiary/aromatic N) is 2. The number of hydrogen-bond acceptors (Lipinski definition) is 4. The first-order chi connectivity index (χ1) is 8.20. The Kier molecular flexibility index (Phi) is 4.12. The van der Waals surface area contributed by atoms with Gasteiger partial charge in [0.25, 0.3) is 0 Å². The van der Waals surface area contributed by atoms with Gasteiger partial charge >= 0.3 is 5.97 Å². The Bertz CT molecular complexity index is 367. The van der Waals surface area contributed by atoms with Crippen LogP contribution in [0.3, 0.4) is 0 Å². The Balaban J connectivity index is 2.02. The van der Waals surface area contributed by atoms with Crippen LogP contribution in [0.5, 0.6) is 0 Å². The molecule has 0 saturated carbocycles. The van der Waals surface area contributed by atoms with Crippen molar-refractivity contribution in [3.05, 3.63) is 16.6 Å². The minimum atomic E-state index is -0.696. The molecule has 4 nitrogen and oxygen atoms in total. The molecule has 1 fully saturated rings. The summed E-state index contributed by atoms with van der Waals surface area (Å²) in [6, 6.07) is -0.338. The molecule has 1 N–H and O–H groups in total. The molecule has 2 heterocycles. The van der Waals surface area contributed by atoms with Gasteiger partial charge in [-0.25, -0.2) is 4.98 Å². The number of thiazole rings is 1. The highest BCUT2D eigenvalue weighted by molar-refractivity contribution is 7.07. The molecule has 5 heteroatoms. The lowest BCUT2D eigenvalue weighted by atomic mass is 9.89. The summed E-state index contributed by atoms with van der Waals surface area (Å²) in [6.07, 6.45) is 2.95. The minimum Gasteiger partial charge on any atom is -0.480 e. The zero-order valence-corrected chi connectivity index (χ0v) is 10.8. The van der Waals surface area contributed by atoms with Gasteiger partial charge in [0.05, 0.1) is 11.2 Å². The van der Waals surface area contributed by atoms with Gasteiger partial charge in [-0.2, -0.15) is 0 Å². The second kappa shape index (κ2) is 5.60. The summed E-state index contributed by atoms with van der Waals surface area (Å²) in [5.41, 5.74) is 2.78. The molecule has 1 aromatic rings. The van der Waals surface area contributed by atoms with Crippen LogP contribution in [0.25, 0.3) is 0 Å². The summed E-state index contributed by atoms with van der Waals surface area (Å²) < 4.78 is 0. The van der Waals surface area contributed by atoms with E-state index in [4.69, 9.17) is 0 Å². The number of aliphatic carboxylic acids is 1. The highest BCUT2D eigenvalue weighted by atomic mass is 32.1. The SMILES string of the molecule is CCC1CCN(Cc2cscn2)C(C(=O)O)C1. The Morgan fingerprint density at radius 1 is 1.71 bits per heavy atom. The topological polar surface area (TPSA) is 53.4 Å². The van der Waals surface area contributed by atoms with E-state index in [0.717, 1.165) is 31.5 Å². The third-order valence-corrected chi connectivity index (χ3v) is 4.17. The smallest absolute Gasteiger partial charge is 0.320 e. The predicted molar refractivity (Wildman–Crippen MR) is 67.0 cm³/mol. The Morgan fingerprint density at radius 2 is 2.53 bits per heavy atom. The first-order valence-corrected chi connectivity index (χ1v) is 6.99. The number of piperidine rings is 1. The highest BCUT2D eigenvalue weighted by Crippen LogP contribution is 2.26. The van der Waals surface area contributed by atoms with E-state index in [0.29, 0.717) is 12.5 Å². The molecule has 1 saturated heterocycles. The molecule has 1 aromatic heterocycles. The largest absolute Gasteiger partial charge is 0.480 e. The second-order valence-electron chi connectivity index (χ2n) is 4.60. The van der Waals surface area contributed by atoms with Crippen molar-refractivity contribution < 1.29 is 9.90 Å². The lowest BCUT2D eigenvalue weighted by Crippen LogP contribution is -2.46. The van der Waals surface area contributed by atoms with Gasteiger partial charge < -0.3 is 5.11 Å². The first-order valence-electron chi connectivity index (χ1n) is 6.04. The number of likely N-dealkylation sites (tertiary alicyclic amines) is 1. The molecule has 0 aliphatic carbocycles. The molecule has 0 amide bonds. The summed E-state index contributed by atoms with van der Waals surface area (Å²) in [5.74, 6) is -0.138. The predicted octanol–water partition coefficient (Wildman–Crippen LogP) is 2.22. The van der Waals surface area contributed by atoms with Gasteiger partial charge in [0.1, 0.15) is 6.04 Å². The number of hydrogen-bond donors (Lipinski definition) is 1. The molecule has 0 aromatic carbocycles. The van der Waals surface area contributed by atoms with Crippen LogP contribution in [0.4, 0.5) is 0 Å². The first kappa shape index (κ1) is 12.5. The van der Waals surface area contributed by atoms with Crippen molar-refractivity contribution in [2.75, 3.05) is 6.54 Å². The zero-order chi connectivity index (χ0) is 12.3. The maximum Gasteiger partial charge on any atom is 0.320 e. The average molecular weight is 254 g/mol. The highest BCUT2D eigenvalue weighted by Gasteiger charge is 2.32. The quantitative estimate of drug-likeness (QED) is 0.895. The third-order valence-electron chi connectivity index (χ3n) is 3.53. The Hall–Kier alpha value is -0.940. The van der Waals surface area contributed by atoms with E-state index in [2.05, 4.69) is 11.9 Å². The van der Waals surface area contributed by atoms with Gasteiger partial charge in [0.2, 0.25) is 0 Å². The van der Waals surface area contributed by atoms with Crippen molar-refractivity contribution in [1.29, 1.82) is 0 Å². The van der Waals surface area contributed by atoms with Gasteiger partial charge in [-0.15, -0.1) is 11.3 Å². The maximum atomic E-state index is 11.3. The van der Waals surface area contributed by atoms with Crippen molar-refractivity contribution in [3.8, 4) is 0 Å². The molecule has 1 aliphatic heterocycles. The lowest BCUT2D eigenvalue weighted by molar-refractivity contribution is -0.145. The van der Waals surface area contributed by atoms with Gasteiger partial charge in [-0.05, 0) is 25.3 Å². The van der Waals surface area contributed by atoms with Gasteiger partial charge in [-0.1, -0.05) is 13.3 Å². The van der Waals surface area contributed by atoms with Crippen LogP contribution >= 0.6 is 11.3 Å². The number of carboxylic acids is 1.